The van der Waals surface area contributed by atoms with E-state index < -0.39 is 10.0 Å². The minimum atomic E-state index is -3.58. The van der Waals surface area contributed by atoms with E-state index >= 15 is 0 Å². The molecule has 1 fully saturated rings. The molecule has 32 heavy (non-hydrogen) atoms. The van der Waals surface area contributed by atoms with Crippen LogP contribution < -0.4 is 10.1 Å². The Balaban J connectivity index is 1.63. The van der Waals surface area contributed by atoms with Crippen LogP contribution in [0.15, 0.2) is 23.2 Å². The molecule has 0 atom stereocenters. The molecule has 1 amide bonds. The van der Waals surface area contributed by atoms with Crippen molar-refractivity contribution < 1.29 is 17.9 Å². The number of hydrogen-bond acceptors (Lipinski definition) is 5. The highest BCUT2D eigenvalue weighted by Crippen LogP contribution is 2.29. The van der Waals surface area contributed by atoms with Crippen molar-refractivity contribution >= 4 is 15.9 Å². The number of sulfonamides is 1. The largest absolute Gasteiger partial charge is 0.496 e. The summed E-state index contributed by atoms with van der Waals surface area (Å²) >= 11 is 0. The van der Waals surface area contributed by atoms with Crippen LogP contribution in [0.1, 0.15) is 46.4 Å². The van der Waals surface area contributed by atoms with Crippen molar-refractivity contribution in [1.29, 1.82) is 0 Å². The molecular formula is C24H33N3O4S. The van der Waals surface area contributed by atoms with Crippen molar-refractivity contribution in [2.45, 2.75) is 58.9 Å². The van der Waals surface area contributed by atoms with E-state index in [9.17, 15) is 13.2 Å². The second-order valence-corrected chi connectivity index (χ2v) is 10.5. The number of amides is 1. The number of hydrogen-bond donors (Lipinski definition) is 1. The number of ether oxygens (including phenoxy) is 1. The van der Waals surface area contributed by atoms with E-state index in [0.29, 0.717) is 37.4 Å². The Morgan fingerprint density at radius 1 is 1.09 bits per heavy atom. The van der Waals surface area contributed by atoms with Crippen LogP contribution in [0.25, 0.3) is 0 Å². The molecule has 1 saturated heterocycles. The fourth-order valence-corrected chi connectivity index (χ4v) is 6.51. The zero-order valence-corrected chi connectivity index (χ0v) is 20.6. The van der Waals surface area contributed by atoms with Crippen molar-refractivity contribution in [3.63, 3.8) is 0 Å². The molecule has 1 aliphatic rings. The maximum atomic E-state index is 13.3. The van der Waals surface area contributed by atoms with Gasteiger partial charge in [0, 0.05) is 36.3 Å². The molecule has 0 radical (unpaired) electrons. The van der Waals surface area contributed by atoms with Gasteiger partial charge in [-0.25, -0.2) is 8.42 Å². The molecule has 1 aliphatic heterocycles. The van der Waals surface area contributed by atoms with Crippen LogP contribution in [-0.2, 0) is 21.4 Å². The first-order valence-corrected chi connectivity index (χ1v) is 12.3. The average molecular weight is 460 g/mol. The number of nitrogens with zero attached hydrogens (tertiary/aromatic N) is 2. The molecule has 1 aromatic carbocycles. The number of rotatable bonds is 6. The zero-order chi connectivity index (χ0) is 23.6. The number of aromatic nitrogens is 1. The minimum Gasteiger partial charge on any atom is -0.496 e. The Kier molecular flexibility index (Phi) is 7.25. The highest BCUT2D eigenvalue weighted by Gasteiger charge is 2.33. The molecule has 8 heteroatoms. The molecule has 0 bridgehead atoms. The molecule has 1 N–H and O–H groups in total. The molecule has 7 nitrogen and oxygen atoms in total. The van der Waals surface area contributed by atoms with Crippen LogP contribution in [-0.4, -0.2) is 43.8 Å². The Morgan fingerprint density at radius 2 is 1.69 bits per heavy atom. The number of piperidine rings is 1. The van der Waals surface area contributed by atoms with Crippen LogP contribution in [0.2, 0.25) is 0 Å². The normalized spacial score (nSPS) is 15.6. The third-order valence-electron chi connectivity index (χ3n) is 6.21. The van der Waals surface area contributed by atoms with Crippen LogP contribution >= 0.6 is 0 Å². The standard InChI is InChI=1S/C24H33N3O4S/c1-15-11-16(2)23(17(3)12-15)32(29,30)27-9-7-20(8-10-27)24(28)26-14-21-19(5)22(31-6)18(4)13-25-21/h11-13,20H,7-10,14H2,1-6H3,(H,26,28). The lowest BCUT2D eigenvalue weighted by Gasteiger charge is -2.31. The SMILES string of the molecule is COc1c(C)cnc(CNC(=O)C2CCN(S(=O)(=O)c3c(C)cc(C)cc3C)CC2)c1C. The lowest BCUT2D eigenvalue weighted by atomic mass is 9.97. The number of aryl methyl sites for hydroxylation is 4. The number of carbonyl (C=O) groups excluding carboxylic acids is 1. The lowest BCUT2D eigenvalue weighted by Crippen LogP contribution is -2.43. The zero-order valence-electron chi connectivity index (χ0n) is 19.8. The predicted molar refractivity (Wildman–Crippen MR) is 124 cm³/mol. The van der Waals surface area contributed by atoms with Crippen LogP contribution in [0.5, 0.6) is 5.75 Å². The number of benzene rings is 1. The molecule has 0 aliphatic carbocycles. The van der Waals surface area contributed by atoms with Gasteiger partial charge in [-0.2, -0.15) is 4.31 Å². The van der Waals surface area contributed by atoms with Crippen LogP contribution in [0, 0.1) is 40.5 Å². The molecule has 0 spiro atoms. The fraction of sp³-hybridized carbons (Fsp3) is 0.500. The summed E-state index contributed by atoms with van der Waals surface area (Å²) in [5.74, 6) is 0.504. The average Bonchev–Trinajstić information content (AvgIpc) is 2.72. The summed E-state index contributed by atoms with van der Waals surface area (Å²) in [7, 11) is -1.96. The van der Waals surface area contributed by atoms with Gasteiger partial charge in [0.1, 0.15) is 5.75 Å². The van der Waals surface area contributed by atoms with Gasteiger partial charge < -0.3 is 10.1 Å². The molecule has 2 heterocycles. The first-order valence-electron chi connectivity index (χ1n) is 10.9. The van der Waals surface area contributed by atoms with E-state index in [1.165, 1.54) is 4.31 Å². The summed E-state index contributed by atoms with van der Waals surface area (Å²) in [5, 5.41) is 2.97. The van der Waals surface area contributed by atoms with Crippen molar-refractivity contribution in [1.82, 2.24) is 14.6 Å². The van der Waals surface area contributed by atoms with Crippen molar-refractivity contribution in [3.05, 3.63) is 51.8 Å². The van der Waals surface area contributed by atoms with Crippen molar-refractivity contribution in [2.24, 2.45) is 5.92 Å². The van der Waals surface area contributed by atoms with Gasteiger partial charge in [-0.15, -0.1) is 0 Å². The third kappa shape index (κ3) is 4.81. The summed E-state index contributed by atoms with van der Waals surface area (Å²) in [6.45, 7) is 10.5. The highest BCUT2D eigenvalue weighted by molar-refractivity contribution is 7.89. The van der Waals surface area contributed by atoms with E-state index in [2.05, 4.69) is 10.3 Å². The molecule has 1 aromatic heterocycles. The van der Waals surface area contributed by atoms with Crippen LogP contribution in [0.3, 0.4) is 0 Å². The summed E-state index contributed by atoms with van der Waals surface area (Å²) in [6.07, 6.45) is 2.74. The Bertz CT molecular complexity index is 1100. The van der Waals surface area contributed by atoms with E-state index in [0.717, 1.165) is 39.3 Å². The number of pyridine rings is 1. The van der Waals surface area contributed by atoms with E-state index in [4.69, 9.17) is 4.74 Å². The Morgan fingerprint density at radius 3 is 2.25 bits per heavy atom. The number of methoxy groups -OCH3 is 1. The Labute approximate surface area is 191 Å². The maximum absolute atomic E-state index is 13.3. The predicted octanol–water partition coefficient (Wildman–Crippen LogP) is 3.35. The van der Waals surface area contributed by atoms with Gasteiger partial charge in [-0.05, 0) is 58.6 Å². The monoisotopic (exact) mass is 459 g/mol. The topological polar surface area (TPSA) is 88.6 Å². The van der Waals surface area contributed by atoms with Gasteiger partial charge in [0.2, 0.25) is 15.9 Å². The molecule has 0 saturated carbocycles. The fourth-order valence-electron chi connectivity index (χ4n) is 4.63. The molecule has 3 rings (SSSR count). The van der Waals surface area contributed by atoms with Gasteiger partial charge >= 0.3 is 0 Å². The molecule has 2 aromatic rings. The first kappa shape index (κ1) is 24.2. The van der Waals surface area contributed by atoms with Crippen molar-refractivity contribution in [2.75, 3.05) is 20.2 Å². The van der Waals surface area contributed by atoms with Gasteiger partial charge in [-0.1, -0.05) is 17.7 Å². The smallest absolute Gasteiger partial charge is 0.243 e. The molecule has 0 unspecified atom stereocenters. The van der Waals surface area contributed by atoms with Gasteiger partial charge in [-0.3, -0.25) is 9.78 Å². The van der Waals surface area contributed by atoms with Gasteiger partial charge in [0.25, 0.3) is 0 Å². The summed E-state index contributed by atoms with van der Waals surface area (Å²) < 4.78 is 33.5. The van der Waals surface area contributed by atoms with E-state index in [1.54, 1.807) is 13.3 Å². The summed E-state index contributed by atoms with van der Waals surface area (Å²) in [5.41, 5.74) is 5.21. The molecular weight excluding hydrogens is 426 g/mol. The Hall–Kier alpha value is -2.45. The van der Waals surface area contributed by atoms with Gasteiger partial charge in [0.05, 0.1) is 24.2 Å². The highest BCUT2D eigenvalue weighted by atomic mass is 32.2. The first-order chi connectivity index (χ1) is 15.1. The lowest BCUT2D eigenvalue weighted by molar-refractivity contribution is -0.126. The van der Waals surface area contributed by atoms with Crippen molar-refractivity contribution in [3.8, 4) is 5.75 Å². The molecule has 174 valence electrons. The quantitative estimate of drug-likeness (QED) is 0.716. The number of nitrogens with one attached hydrogen (secondary N) is 1. The van der Waals surface area contributed by atoms with E-state index in [1.807, 2.05) is 46.8 Å². The summed E-state index contributed by atoms with van der Waals surface area (Å²) in [4.78, 5) is 17.5. The minimum absolute atomic E-state index is 0.0644. The maximum Gasteiger partial charge on any atom is 0.243 e. The number of carbonyl (C=O) groups is 1. The second-order valence-electron chi connectivity index (χ2n) is 8.67. The third-order valence-corrected chi connectivity index (χ3v) is 8.41. The van der Waals surface area contributed by atoms with Gasteiger partial charge in [0.15, 0.2) is 0 Å². The van der Waals surface area contributed by atoms with E-state index in [-0.39, 0.29) is 11.8 Å². The second kappa shape index (κ2) is 9.58. The summed E-state index contributed by atoms with van der Waals surface area (Å²) in [6, 6.07) is 3.80. The van der Waals surface area contributed by atoms with Crippen LogP contribution in [0.4, 0.5) is 0 Å².